The van der Waals surface area contributed by atoms with E-state index in [9.17, 15) is 0 Å². The summed E-state index contributed by atoms with van der Waals surface area (Å²) in [5.74, 6) is 0. The van der Waals surface area contributed by atoms with Crippen LogP contribution in [0.25, 0.3) is 0 Å². The standard InChI is InChI=1S/C18H30.HNO2S/c1-2-3-4-5-6-7-8-9-10-12-15-18-16-13-11-14-17-18;1-4(2)3/h11,13-14,16-17H,2-10,12,15H2,1H3;1H. The Hall–Kier alpha value is -1.16. The van der Waals surface area contributed by atoms with E-state index in [1.807, 2.05) is 0 Å². The number of aryl methyl sites for hydroxylation is 1. The van der Waals surface area contributed by atoms with Crippen LogP contribution in [0.1, 0.15) is 76.7 Å². The lowest BCUT2D eigenvalue weighted by atomic mass is 10.0. The molecule has 0 aliphatic rings. The molecule has 0 amide bonds. The molecule has 0 aliphatic heterocycles. The maximum Gasteiger partial charge on any atom is 0.308 e. The van der Waals surface area contributed by atoms with E-state index in [4.69, 9.17) is 13.2 Å². The summed E-state index contributed by atoms with van der Waals surface area (Å²) in [5, 5.41) is 0. The largest absolute Gasteiger partial charge is 0.308 e. The number of hydrogen-bond acceptors (Lipinski definition) is 3. The van der Waals surface area contributed by atoms with Gasteiger partial charge in [-0.2, -0.15) is 13.2 Å². The molecule has 0 radical (unpaired) electrons. The first-order chi connectivity index (χ1) is 10.7. The quantitative estimate of drug-likeness (QED) is 0.524. The molecule has 0 atom stereocenters. The van der Waals surface area contributed by atoms with Gasteiger partial charge in [-0.15, -0.1) is 0 Å². The number of nitrogens with one attached hydrogen (secondary N) is 1. The second kappa shape index (κ2) is 16.2. The zero-order valence-corrected chi connectivity index (χ0v) is 14.7. The van der Waals surface area contributed by atoms with E-state index in [2.05, 4.69) is 37.3 Å². The van der Waals surface area contributed by atoms with Crippen molar-refractivity contribution in [1.29, 1.82) is 4.78 Å². The minimum absolute atomic E-state index is 1.26. The lowest BCUT2D eigenvalue weighted by molar-refractivity contribution is 0.556. The molecule has 1 rings (SSSR count). The van der Waals surface area contributed by atoms with Gasteiger partial charge in [-0.05, 0) is 18.4 Å². The highest BCUT2D eigenvalue weighted by Gasteiger charge is 1.94. The summed E-state index contributed by atoms with van der Waals surface area (Å²) in [5.41, 5.74) is 1.50. The van der Waals surface area contributed by atoms with Crippen LogP contribution < -0.4 is 0 Å². The molecular formula is C18H31NO2S. The Balaban J connectivity index is 0.000000980. The van der Waals surface area contributed by atoms with Gasteiger partial charge >= 0.3 is 10.5 Å². The number of unbranched alkanes of at least 4 members (excludes halogenated alkanes) is 9. The van der Waals surface area contributed by atoms with Crippen LogP contribution in [0.15, 0.2) is 30.3 Å². The highest BCUT2D eigenvalue weighted by atomic mass is 32.2. The molecule has 0 saturated heterocycles. The van der Waals surface area contributed by atoms with Gasteiger partial charge in [0.15, 0.2) is 0 Å². The van der Waals surface area contributed by atoms with Gasteiger partial charge in [0, 0.05) is 0 Å². The van der Waals surface area contributed by atoms with Crippen molar-refractivity contribution in [1.82, 2.24) is 0 Å². The van der Waals surface area contributed by atoms with Crippen molar-refractivity contribution in [3.05, 3.63) is 35.9 Å². The molecule has 22 heavy (non-hydrogen) atoms. The molecule has 3 nitrogen and oxygen atoms in total. The number of benzene rings is 1. The summed E-state index contributed by atoms with van der Waals surface area (Å²) < 4.78 is 22.8. The van der Waals surface area contributed by atoms with Gasteiger partial charge in [0.05, 0.1) is 0 Å². The Morgan fingerprint density at radius 1 is 0.773 bits per heavy atom. The number of rotatable bonds is 11. The Morgan fingerprint density at radius 2 is 1.18 bits per heavy atom. The molecule has 0 heterocycles. The summed E-state index contributed by atoms with van der Waals surface area (Å²) >= 11 is 0. The average Bonchev–Trinajstić information content (AvgIpc) is 2.50. The van der Waals surface area contributed by atoms with Gasteiger partial charge in [0.1, 0.15) is 0 Å². The van der Waals surface area contributed by atoms with Crippen molar-refractivity contribution < 1.29 is 8.42 Å². The van der Waals surface area contributed by atoms with Gasteiger partial charge < -0.3 is 0 Å². The van der Waals surface area contributed by atoms with Crippen molar-refractivity contribution in [2.24, 2.45) is 0 Å². The van der Waals surface area contributed by atoms with E-state index in [0.717, 1.165) is 0 Å². The predicted molar refractivity (Wildman–Crippen MR) is 93.6 cm³/mol. The van der Waals surface area contributed by atoms with Crippen molar-refractivity contribution >= 4 is 10.5 Å². The molecule has 0 spiro atoms. The van der Waals surface area contributed by atoms with Crippen LogP contribution in [-0.2, 0) is 16.9 Å². The van der Waals surface area contributed by atoms with Crippen molar-refractivity contribution in [2.45, 2.75) is 77.6 Å². The number of hydrogen-bond donors (Lipinski definition) is 1. The van der Waals surface area contributed by atoms with E-state index in [1.54, 1.807) is 0 Å². The summed E-state index contributed by atoms with van der Waals surface area (Å²) in [6.45, 7) is 2.28. The van der Waals surface area contributed by atoms with Gasteiger partial charge in [0.25, 0.3) is 0 Å². The van der Waals surface area contributed by atoms with Crippen LogP contribution in [0, 0.1) is 4.78 Å². The highest BCUT2D eigenvalue weighted by molar-refractivity contribution is 7.60. The third-order valence-corrected chi connectivity index (χ3v) is 3.66. The molecule has 0 aliphatic carbocycles. The Kier molecular flexibility index (Phi) is 15.4. The Labute approximate surface area is 137 Å². The van der Waals surface area contributed by atoms with Gasteiger partial charge in [-0.25, -0.2) is 0 Å². The molecular weight excluding hydrogens is 294 g/mol. The highest BCUT2D eigenvalue weighted by Crippen LogP contribution is 2.12. The molecule has 1 aromatic carbocycles. The second-order valence-electron chi connectivity index (χ2n) is 5.65. The minimum atomic E-state index is -2.61. The zero-order chi connectivity index (χ0) is 16.5. The van der Waals surface area contributed by atoms with Crippen molar-refractivity contribution in [2.75, 3.05) is 0 Å². The van der Waals surface area contributed by atoms with Crippen LogP contribution in [0.3, 0.4) is 0 Å². The summed E-state index contributed by atoms with van der Waals surface area (Å²) in [6, 6.07) is 10.9. The van der Waals surface area contributed by atoms with Crippen LogP contribution in [0.5, 0.6) is 0 Å². The van der Waals surface area contributed by atoms with Gasteiger partial charge in [-0.1, -0.05) is 95.0 Å². The monoisotopic (exact) mass is 325 g/mol. The fourth-order valence-corrected chi connectivity index (χ4v) is 2.46. The van der Waals surface area contributed by atoms with Crippen molar-refractivity contribution in [3.63, 3.8) is 0 Å². The van der Waals surface area contributed by atoms with E-state index in [1.165, 1.54) is 76.2 Å². The first-order valence-electron chi connectivity index (χ1n) is 8.51. The van der Waals surface area contributed by atoms with Crippen LogP contribution in [0.4, 0.5) is 0 Å². The van der Waals surface area contributed by atoms with Crippen LogP contribution >= 0.6 is 0 Å². The second-order valence-corrected chi connectivity index (χ2v) is 6.12. The molecule has 0 aromatic heterocycles. The lowest BCUT2D eigenvalue weighted by Gasteiger charge is -2.03. The Bertz CT molecular complexity index is 435. The summed E-state index contributed by atoms with van der Waals surface area (Å²) in [4.78, 5) is 0. The average molecular weight is 326 g/mol. The van der Waals surface area contributed by atoms with Crippen molar-refractivity contribution in [3.8, 4) is 0 Å². The predicted octanol–water partition coefficient (Wildman–Crippen LogP) is 5.78. The lowest BCUT2D eigenvalue weighted by Crippen LogP contribution is -1.86. The summed E-state index contributed by atoms with van der Waals surface area (Å²) in [6.07, 6.45) is 15.5. The van der Waals surface area contributed by atoms with E-state index in [-0.39, 0.29) is 0 Å². The molecule has 0 unspecified atom stereocenters. The first kappa shape index (κ1) is 20.8. The Morgan fingerprint density at radius 3 is 1.64 bits per heavy atom. The summed E-state index contributed by atoms with van der Waals surface area (Å²) in [7, 11) is -2.61. The normalized spacial score (nSPS) is 9.86. The van der Waals surface area contributed by atoms with Crippen LogP contribution in [0.2, 0.25) is 0 Å². The van der Waals surface area contributed by atoms with Gasteiger partial charge in [0.2, 0.25) is 0 Å². The fraction of sp³-hybridized carbons (Fsp3) is 0.667. The third kappa shape index (κ3) is 16.9. The molecule has 0 fully saturated rings. The SMILES string of the molecule is CCCCCCCCCCCCc1ccccc1.N=S(=O)=O. The van der Waals surface area contributed by atoms with E-state index in [0.29, 0.717) is 0 Å². The molecule has 1 aromatic rings. The molecule has 4 heteroatoms. The van der Waals surface area contributed by atoms with E-state index >= 15 is 0 Å². The smallest absolute Gasteiger partial charge is 0.188 e. The van der Waals surface area contributed by atoms with Crippen LogP contribution in [-0.4, -0.2) is 8.42 Å². The zero-order valence-electron chi connectivity index (χ0n) is 13.9. The third-order valence-electron chi connectivity index (χ3n) is 3.66. The fourth-order valence-electron chi connectivity index (χ4n) is 2.46. The topological polar surface area (TPSA) is 58.0 Å². The molecule has 0 bridgehead atoms. The first-order valence-corrected chi connectivity index (χ1v) is 9.58. The maximum atomic E-state index is 8.67. The molecule has 0 saturated carbocycles. The van der Waals surface area contributed by atoms with Gasteiger partial charge in [-0.3, -0.25) is 0 Å². The maximum absolute atomic E-state index is 8.67. The molecule has 1 N–H and O–H groups in total. The minimum Gasteiger partial charge on any atom is -0.188 e. The molecule has 126 valence electrons. The van der Waals surface area contributed by atoms with E-state index < -0.39 is 10.5 Å².